The minimum Gasteiger partial charge on any atom is -0.353 e. The predicted molar refractivity (Wildman–Crippen MR) is 80.8 cm³/mol. The predicted octanol–water partition coefficient (Wildman–Crippen LogP) is 1.74. The van der Waals surface area contributed by atoms with E-state index in [2.05, 4.69) is 23.5 Å². The van der Waals surface area contributed by atoms with E-state index in [9.17, 15) is 9.59 Å². The van der Waals surface area contributed by atoms with Crippen molar-refractivity contribution in [3.05, 3.63) is 29.3 Å². The summed E-state index contributed by atoms with van der Waals surface area (Å²) in [6.07, 6.45) is 0. The van der Waals surface area contributed by atoms with E-state index in [0.29, 0.717) is 18.8 Å². The number of benzene rings is 1. The third kappa shape index (κ3) is 3.33. The fourth-order valence-corrected chi connectivity index (χ4v) is 3.22. The van der Waals surface area contributed by atoms with Gasteiger partial charge in [-0.1, -0.05) is 17.7 Å². The standard InChI is InChI=1S/C15H20N2O2S/c1-10-4-5-11(2)13(8-10)20-9-14(18)17-7-6-16-15(19)12(17)3/h4-5,8,12H,6-7,9H2,1-3H3,(H,16,19). The molecule has 0 bridgehead atoms. The maximum atomic E-state index is 12.2. The van der Waals surface area contributed by atoms with Crippen LogP contribution in [0.2, 0.25) is 0 Å². The molecule has 1 heterocycles. The van der Waals surface area contributed by atoms with Crippen molar-refractivity contribution in [2.24, 2.45) is 0 Å². The molecule has 20 heavy (non-hydrogen) atoms. The van der Waals surface area contributed by atoms with Crippen LogP contribution in [0.3, 0.4) is 0 Å². The molecule has 1 aliphatic rings. The highest BCUT2D eigenvalue weighted by Crippen LogP contribution is 2.24. The fourth-order valence-electron chi connectivity index (χ4n) is 2.21. The summed E-state index contributed by atoms with van der Waals surface area (Å²) in [5.74, 6) is 0.335. The van der Waals surface area contributed by atoms with Gasteiger partial charge in [0.2, 0.25) is 11.8 Å². The zero-order valence-corrected chi connectivity index (χ0v) is 12.9. The number of carbonyl (C=O) groups is 2. The first kappa shape index (κ1) is 14.9. The largest absolute Gasteiger partial charge is 0.353 e. The lowest BCUT2D eigenvalue weighted by Gasteiger charge is -2.32. The number of rotatable bonds is 3. The van der Waals surface area contributed by atoms with Crippen molar-refractivity contribution in [2.75, 3.05) is 18.8 Å². The Morgan fingerprint density at radius 1 is 1.45 bits per heavy atom. The van der Waals surface area contributed by atoms with E-state index in [1.54, 1.807) is 23.6 Å². The molecule has 5 heteroatoms. The molecule has 1 aliphatic heterocycles. The van der Waals surface area contributed by atoms with Crippen molar-refractivity contribution in [3.8, 4) is 0 Å². The summed E-state index contributed by atoms with van der Waals surface area (Å²) in [6.45, 7) is 7.00. The molecular formula is C15H20N2O2S. The molecule has 0 saturated carbocycles. The van der Waals surface area contributed by atoms with Crippen LogP contribution < -0.4 is 5.32 Å². The van der Waals surface area contributed by atoms with Gasteiger partial charge in [-0.15, -0.1) is 11.8 Å². The topological polar surface area (TPSA) is 49.4 Å². The minimum atomic E-state index is -0.365. The Morgan fingerprint density at radius 3 is 2.95 bits per heavy atom. The van der Waals surface area contributed by atoms with Crippen molar-refractivity contribution in [3.63, 3.8) is 0 Å². The van der Waals surface area contributed by atoms with Crippen LogP contribution in [0.4, 0.5) is 0 Å². The summed E-state index contributed by atoms with van der Waals surface area (Å²) in [5.41, 5.74) is 2.37. The van der Waals surface area contributed by atoms with Crippen molar-refractivity contribution in [2.45, 2.75) is 31.7 Å². The van der Waals surface area contributed by atoms with Gasteiger partial charge in [0.1, 0.15) is 6.04 Å². The van der Waals surface area contributed by atoms with Gasteiger partial charge in [-0.2, -0.15) is 0 Å². The maximum Gasteiger partial charge on any atom is 0.242 e. The monoisotopic (exact) mass is 292 g/mol. The van der Waals surface area contributed by atoms with Crippen molar-refractivity contribution < 1.29 is 9.59 Å². The van der Waals surface area contributed by atoms with Crippen LogP contribution in [0, 0.1) is 13.8 Å². The van der Waals surface area contributed by atoms with Crippen LogP contribution >= 0.6 is 11.8 Å². The average Bonchev–Trinajstić information content (AvgIpc) is 2.42. The quantitative estimate of drug-likeness (QED) is 0.863. The third-order valence-corrected chi connectivity index (χ3v) is 4.66. The number of hydrogen-bond acceptors (Lipinski definition) is 3. The second-order valence-corrected chi connectivity index (χ2v) is 6.13. The van der Waals surface area contributed by atoms with Crippen LogP contribution in [0.15, 0.2) is 23.1 Å². The molecule has 0 radical (unpaired) electrons. The molecule has 1 aromatic rings. The van der Waals surface area contributed by atoms with E-state index in [0.717, 1.165) is 4.90 Å². The van der Waals surface area contributed by atoms with Crippen LogP contribution in [0.5, 0.6) is 0 Å². The number of hydrogen-bond donors (Lipinski definition) is 1. The minimum absolute atomic E-state index is 0.0262. The second kappa shape index (κ2) is 6.31. The summed E-state index contributed by atoms with van der Waals surface area (Å²) in [5, 5.41) is 2.77. The summed E-state index contributed by atoms with van der Waals surface area (Å²) >= 11 is 1.54. The molecule has 1 saturated heterocycles. The fraction of sp³-hybridized carbons (Fsp3) is 0.467. The lowest BCUT2D eigenvalue weighted by molar-refractivity contribution is -0.140. The van der Waals surface area contributed by atoms with Gasteiger partial charge in [0.25, 0.3) is 0 Å². The van der Waals surface area contributed by atoms with Gasteiger partial charge in [0, 0.05) is 18.0 Å². The summed E-state index contributed by atoms with van der Waals surface area (Å²) in [7, 11) is 0. The van der Waals surface area contributed by atoms with Crippen LogP contribution in [-0.2, 0) is 9.59 Å². The normalized spacial score (nSPS) is 18.9. The number of piperazine rings is 1. The molecule has 0 spiro atoms. The highest BCUT2D eigenvalue weighted by Gasteiger charge is 2.28. The number of nitrogens with one attached hydrogen (secondary N) is 1. The van der Waals surface area contributed by atoms with Crippen molar-refractivity contribution in [1.29, 1.82) is 0 Å². The van der Waals surface area contributed by atoms with Gasteiger partial charge in [-0.25, -0.2) is 0 Å². The Balaban J connectivity index is 1.98. The molecule has 108 valence electrons. The number of aryl methyl sites for hydroxylation is 2. The highest BCUT2D eigenvalue weighted by atomic mass is 32.2. The highest BCUT2D eigenvalue weighted by molar-refractivity contribution is 8.00. The Morgan fingerprint density at radius 2 is 2.20 bits per heavy atom. The summed E-state index contributed by atoms with van der Waals surface area (Å²) in [6, 6.07) is 5.87. The first-order valence-corrected chi connectivity index (χ1v) is 7.75. The van der Waals surface area contributed by atoms with Crippen LogP contribution in [0.25, 0.3) is 0 Å². The van der Waals surface area contributed by atoms with Crippen molar-refractivity contribution in [1.82, 2.24) is 10.2 Å². The van der Waals surface area contributed by atoms with Gasteiger partial charge in [0.15, 0.2) is 0 Å². The molecule has 1 atom stereocenters. The smallest absolute Gasteiger partial charge is 0.242 e. The van der Waals surface area contributed by atoms with Gasteiger partial charge in [-0.3, -0.25) is 9.59 Å². The molecule has 0 aromatic heterocycles. The van der Waals surface area contributed by atoms with Gasteiger partial charge >= 0.3 is 0 Å². The molecule has 0 aliphatic carbocycles. The Labute approximate surface area is 123 Å². The Kier molecular flexibility index (Phi) is 4.70. The lowest BCUT2D eigenvalue weighted by atomic mass is 10.2. The first-order valence-electron chi connectivity index (χ1n) is 6.76. The summed E-state index contributed by atoms with van der Waals surface area (Å²) < 4.78 is 0. The molecule has 1 N–H and O–H groups in total. The molecule has 2 amide bonds. The van der Waals surface area contributed by atoms with E-state index in [1.165, 1.54) is 11.1 Å². The van der Waals surface area contributed by atoms with Crippen LogP contribution in [-0.4, -0.2) is 41.6 Å². The van der Waals surface area contributed by atoms with Crippen molar-refractivity contribution >= 4 is 23.6 Å². The SMILES string of the molecule is Cc1ccc(C)c(SCC(=O)N2CCNC(=O)C2C)c1. The Bertz CT molecular complexity index is 531. The number of thioether (sulfide) groups is 1. The van der Waals surface area contributed by atoms with Gasteiger partial charge < -0.3 is 10.2 Å². The maximum absolute atomic E-state index is 12.2. The van der Waals surface area contributed by atoms with E-state index < -0.39 is 0 Å². The zero-order valence-electron chi connectivity index (χ0n) is 12.1. The van der Waals surface area contributed by atoms with E-state index in [1.807, 2.05) is 13.8 Å². The zero-order chi connectivity index (χ0) is 14.7. The van der Waals surface area contributed by atoms with E-state index >= 15 is 0 Å². The lowest BCUT2D eigenvalue weighted by Crippen LogP contribution is -2.56. The molecular weight excluding hydrogens is 272 g/mol. The van der Waals surface area contributed by atoms with E-state index in [-0.39, 0.29) is 17.9 Å². The van der Waals surface area contributed by atoms with Gasteiger partial charge in [-0.05, 0) is 32.4 Å². The summed E-state index contributed by atoms with van der Waals surface area (Å²) in [4.78, 5) is 26.6. The molecule has 1 aromatic carbocycles. The molecule has 1 fully saturated rings. The average molecular weight is 292 g/mol. The molecule has 1 unspecified atom stereocenters. The van der Waals surface area contributed by atoms with Gasteiger partial charge in [0.05, 0.1) is 5.75 Å². The second-order valence-electron chi connectivity index (χ2n) is 5.11. The third-order valence-electron chi connectivity index (χ3n) is 3.51. The molecule has 2 rings (SSSR count). The number of nitrogens with zero attached hydrogens (tertiary/aromatic N) is 1. The Hall–Kier alpha value is -1.49. The molecule has 4 nitrogen and oxygen atoms in total. The van der Waals surface area contributed by atoms with Crippen LogP contribution in [0.1, 0.15) is 18.1 Å². The number of amides is 2. The first-order chi connectivity index (χ1) is 9.49. The number of carbonyl (C=O) groups excluding carboxylic acids is 2. The van der Waals surface area contributed by atoms with E-state index in [4.69, 9.17) is 0 Å².